The van der Waals surface area contributed by atoms with Crippen molar-refractivity contribution < 1.29 is 0 Å². The van der Waals surface area contributed by atoms with Gasteiger partial charge in [0.2, 0.25) is 0 Å². The van der Waals surface area contributed by atoms with Gasteiger partial charge in [0.25, 0.3) is 0 Å². The summed E-state index contributed by atoms with van der Waals surface area (Å²) >= 11 is 0. The normalized spacial score (nSPS) is 12.8. The number of hydrogen-bond donors (Lipinski definition) is 0. The van der Waals surface area contributed by atoms with E-state index in [9.17, 15) is 0 Å². The highest BCUT2D eigenvalue weighted by atomic mass is 15.2. The van der Waals surface area contributed by atoms with Crippen molar-refractivity contribution in [3.63, 3.8) is 0 Å². The standard InChI is InChI=1S/C24H22N6/c1-17-9-20(7-8-26-17)23-6-3-18(11-27-23)14-30-16-25-12-21-5-4-19(10-24(21)30)22-13-28-29(2)15-22/h3-13,15H,14,16H2,1-2H3. The van der Waals surface area contributed by atoms with Gasteiger partial charge in [-0.05, 0) is 42.3 Å². The van der Waals surface area contributed by atoms with Crippen LogP contribution < -0.4 is 4.90 Å². The van der Waals surface area contributed by atoms with Crippen molar-refractivity contribution in [3.8, 4) is 22.4 Å². The van der Waals surface area contributed by atoms with E-state index in [0.29, 0.717) is 6.67 Å². The smallest absolute Gasteiger partial charge is 0.110 e. The maximum atomic E-state index is 4.68. The third-order valence-corrected chi connectivity index (χ3v) is 5.28. The summed E-state index contributed by atoms with van der Waals surface area (Å²) in [5.41, 5.74) is 8.77. The van der Waals surface area contributed by atoms with Crippen LogP contribution in [0.5, 0.6) is 0 Å². The van der Waals surface area contributed by atoms with Crippen molar-refractivity contribution in [2.24, 2.45) is 12.0 Å². The SMILES string of the molecule is Cc1cc(-c2ccc(CN3CN=Cc4ccc(-c5cnn(C)c5)cc43)cn2)ccn1. The van der Waals surface area contributed by atoms with E-state index in [0.717, 1.165) is 45.7 Å². The van der Waals surface area contributed by atoms with Crippen LogP contribution in [0.3, 0.4) is 0 Å². The molecule has 0 atom stereocenters. The molecule has 0 bridgehead atoms. The van der Waals surface area contributed by atoms with Gasteiger partial charge in [0, 0.05) is 66.5 Å². The van der Waals surface area contributed by atoms with E-state index in [1.54, 1.807) is 0 Å². The van der Waals surface area contributed by atoms with Gasteiger partial charge in [-0.25, -0.2) is 0 Å². The van der Waals surface area contributed by atoms with Crippen LogP contribution in [0.1, 0.15) is 16.8 Å². The van der Waals surface area contributed by atoms with Crippen LogP contribution in [0.15, 0.2) is 72.2 Å². The first kappa shape index (κ1) is 18.2. The molecular weight excluding hydrogens is 372 g/mol. The summed E-state index contributed by atoms with van der Waals surface area (Å²) < 4.78 is 1.82. The Morgan fingerprint density at radius 1 is 0.933 bits per heavy atom. The van der Waals surface area contributed by atoms with Crippen LogP contribution >= 0.6 is 0 Å². The molecule has 0 radical (unpaired) electrons. The van der Waals surface area contributed by atoms with Crippen molar-refractivity contribution in [3.05, 3.63) is 84.1 Å². The van der Waals surface area contributed by atoms with Gasteiger partial charge in [0.15, 0.2) is 0 Å². The van der Waals surface area contributed by atoms with Gasteiger partial charge in [-0.15, -0.1) is 0 Å². The highest BCUT2D eigenvalue weighted by Gasteiger charge is 2.16. The lowest BCUT2D eigenvalue weighted by atomic mass is 10.0. The van der Waals surface area contributed by atoms with E-state index in [1.165, 1.54) is 5.69 Å². The molecule has 3 aromatic heterocycles. The molecule has 1 aromatic carbocycles. The maximum Gasteiger partial charge on any atom is 0.110 e. The van der Waals surface area contributed by atoms with Gasteiger partial charge in [0.1, 0.15) is 6.67 Å². The summed E-state index contributed by atoms with van der Waals surface area (Å²) in [6.45, 7) is 3.38. The molecule has 0 aliphatic carbocycles. The fraction of sp³-hybridized carbons (Fsp3) is 0.167. The molecule has 1 aliphatic rings. The van der Waals surface area contributed by atoms with Gasteiger partial charge in [-0.1, -0.05) is 18.2 Å². The Hall–Kier alpha value is -3.80. The second kappa shape index (κ2) is 7.55. The van der Waals surface area contributed by atoms with E-state index in [4.69, 9.17) is 0 Å². The second-order valence-corrected chi connectivity index (χ2v) is 7.56. The van der Waals surface area contributed by atoms with Crippen molar-refractivity contribution in [2.75, 3.05) is 11.6 Å². The summed E-state index contributed by atoms with van der Waals surface area (Å²) in [6, 6.07) is 14.7. The summed E-state index contributed by atoms with van der Waals surface area (Å²) in [5.74, 6) is 0. The maximum absolute atomic E-state index is 4.68. The van der Waals surface area contributed by atoms with Crippen molar-refractivity contribution >= 4 is 11.9 Å². The van der Waals surface area contributed by atoms with Crippen LogP contribution in [0.25, 0.3) is 22.4 Å². The number of aliphatic imine (C=N–C) groups is 1. The molecule has 6 heteroatoms. The number of hydrogen-bond acceptors (Lipinski definition) is 5. The van der Waals surface area contributed by atoms with Crippen LogP contribution in [-0.2, 0) is 13.6 Å². The number of aromatic nitrogens is 4. The zero-order valence-corrected chi connectivity index (χ0v) is 17.0. The minimum Gasteiger partial charge on any atom is -0.347 e. The van der Waals surface area contributed by atoms with Gasteiger partial charge < -0.3 is 4.90 Å². The molecule has 0 saturated carbocycles. The van der Waals surface area contributed by atoms with Gasteiger partial charge >= 0.3 is 0 Å². The minimum absolute atomic E-state index is 0.634. The van der Waals surface area contributed by atoms with Crippen LogP contribution in [0, 0.1) is 6.92 Å². The van der Waals surface area contributed by atoms with Crippen molar-refractivity contribution in [2.45, 2.75) is 13.5 Å². The summed E-state index contributed by atoms with van der Waals surface area (Å²) in [6.07, 6.45) is 9.65. The number of fused-ring (bicyclic) bond motifs is 1. The molecule has 6 nitrogen and oxygen atoms in total. The van der Waals surface area contributed by atoms with Crippen LogP contribution in [0.2, 0.25) is 0 Å². The first-order valence-electron chi connectivity index (χ1n) is 9.91. The fourth-order valence-electron chi connectivity index (χ4n) is 3.74. The fourth-order valence-corrected chi connectivity index (χ4v) is 3.74. The number of benzene rings is 1. The zero-order valence-electron chi connectivity index (χ0n) is 17.0. The van der Waals surface area contributed by atoms with E-state index in [1.807, 2.05) is 55.7 Å². The minimum atomic E-state index is 0.634. The van der Waals surface area contributed by atoms with E-state index >= 15 is 0 Å². The van der Waals surface area contributed by atoms with Crippen molar-refractivity contribution in [1.82, 2.24) is 19.7 Å². The van der Waals surface area contributed by atoms with Gasteiger partial charge in [-0.2, -0.15) is 5.10 Å². The Balaban J connectivity index is 1.40. The molecule has 0 fully saturated rings. The monoisotopic (exact) mass is 394 g/mol. The third kappa shape index (κ3) is 3.59. The Bertz CT molecular complexity index is 1220. The molecule has 4 heterocycles. The molecule has 148 valence electrons. The molecule has 5 rings (SSSR count). The number of nitrogens with zero attached hydrogens (tertiary/aromatic N) is 6. The van der Waals surface area contributed by atoms with Crippen LogP contribution in [0.4, 0.5) is 5.69 Å². The largest absolute Gasteiger partial charge is 0.347 e. The van der Waals surface area contributed by atoms with Gasteiger partial charge in [0.05, 0.1) is 11.9 Å². The first-order chi connectivity index (χ1) is 14.7. The van der Waals surface area contributed by atoms with E-state index in [-0.39, 0.29) is 0 Å². The lowest BCUT2D eigenvalue weighted by molar-refractivity contribution is 0.768. The summed E-state index contributed by atoms with van der Waals surface area (Å²) in [5, 5.41) is 4.29. The lowest BCUT2D eigenvalue weighted by Crippen LogP contribution is -2.26. The highest BCUT2D eigenvalue weighted by Crippen LogP contribution is 2.30. The predicted molar refractivity (Wildman–Crippen MR) is 119 cm³/mol. The molecule has 0 spiro atoms. The molecule has 4 aromatic rings. The number of pyridine rings is 2. The third-order valence-electron chi connectivity index (χ3n) is 5.28. The average Bonchev–Trinajstić information content (AvgIpc) is 3.21. The molecule has 30 heavy (non-hydrogen) atoms. The molecule has 0 amide bonds. The topological polar surface area (TPSA) is 59.2 Å². The molecule has 1 aliphatic heterocycles. The Morgan fingerprint density at radius 3 is 2.63 bits per heavy atom. The van der Waals surface area contributed by atoms with E-state index < -0.39 is 0 Å². The quantitative estimate of drug-likeness (QED) is 0.519. The van der Waals surface area contributed by atoms with Crippen LogP contribution in [-0.4, -0.2) is 32.6 Å². The number of rotatable bonds is 4. The Morgan fingerprint density at radius 2 is 1.87 bits per heavy atom. The predicted octanol–water partition coefficient (Wildman–Crippen LogP) is 4.25. The Kier molecular flexibility index (Phi) is 4.59. The van der Waals surface area contributed by atoms with Crippen molar-refractivity contribution in [1.29, 1.82) is 0 Å². The highest BCUT2D eigenvalue weighted by molar-refractivity contribution is 5.91. The lowest BCUT2D eigenvalue weighted by Gasteiger charge is -2.28. The zero-order chi connectivity index (χ0) is 20.5. The van der Waals surface area contributed by atoms with E-state index in [2.05, 4.69) is 61.4 Å². The molecule has 0 N–H and O–H groups in total. The molecule has 0 unspecified atom stereocenters. The molecule has 0 saturated heterocycles. The second-order valence-electron chi connectivity index (χ2n) is 7.56. The first-order valence-corrected chi connectivity index (χ1v) is 9.91. The van der Waals surface area contributed by atoms with Gasteiger partial charge in [-0.3, -0.25) is 19.6 Å². The Labute approximate surface area is 175 Å². The summed E-state index contributed by atoms with van der Waals surface area (Å²) in [7, 11) is 1.94. The summed E-state index contributed by atoms with van der Waals surface area (Å²) in [4.78, 5) is 15.7. The number of anilines is 1. The number of aryl methyl sites for hydroxylation is 2. The average molecular weight is 394 g/mol. The molecular formula is C24H22N6.